The van der Waals surface area contributed by atoms with Gasteiger partial charge in [-0.2, -0.15) is 5.10 Å². The normalized spacial score (nSPS) is 18.2. The third kappa shape index (κ3) is 3.87. The molecule has 3 heterocycles. The molecule has 0 radical (unpaired) electrons. The molecule has 1 aromatic heterocycles. The first-order chi connectivity index (χ1) is 16.0. The van der Waals surface area contributed by atoms with Crippen molar-refractivity contribution in [2.75, 3.05) is 36.4 Å². The van der Waals surface area contributed by atoms with Gasteiger partial charge in [0.05, 0.1) is 21.8 Å². The fourth-order valence-corrected chi connectivity index (χ4v) is 5.06. The number of fused-ring (bicyclic) bond motifs is 1. The van der Waals surface area contributed by atoms with Gasteiger partial charge in [0.15, 0.2) is 0 Å². The van der Waals surface area contributed by atoms with Crippen LogP contribution in [-0.2, 0) is 4.79 Å². The smallest absolute Gasteiger partial charge is 0.254 e. The Morgan fingerprint density at radius 2 is 1.73 bits per heavy atom. The Hall–Kier alpha value is -2.96. The van der Waals surface area contributed by atoms with E-state index in [2.05, 4.69) is 27.4 Å². The van der Waals surface area contributed by atoms with Crippen molar-refractivity contribution >= 4 is 40.6 Å². The Bertz CT molecular complexity index is 1230. The van der Waals surface area contributed by atoms with Gasteiger partial charge in [-0.05, 0) is 32.0 Å². The summed E-state index contributed by atoms with van der Waals surface area (Å²) in [5, 5.41) is 8.88. The molecule has 2 aliphatic rings. The molecular weight excluding hydrogens is 457 g/mol. The zero-order valence-electron chi connectivity index (χ0n) is 18.6. The lowest BCUT2D eigenvalue weighted by Gasteiger charge is -2.39. The predicted octanol–water partition coefficient (Wildman–Crippen LogP) is 5.14. The van der Waals surface area contributed by atoms with Crippen LogP contribution in [-0.4, -0.2) is 46.8 Å². The van der Waals surface area contributed by atoms with Gasteiger partial charge in [0, 0.05) is 48.7 Å². The highest BCUT2D eigenvalue weighted by molar-refractivity contribution is 6.42. The van der Waals surface area contributed by atoms with Gasteiger partial charge in [-0.1, -0.05) is 53.5 Å². The van der Waals surface area contributed by atoms with Crippen LogP contribution in [0.5, 0.6) is 0 Å². The van der Waals surface area contributed by atoms with Crippen LogP contribution in [0, 0.1) is 6.92 Å². The zero-order valence-corrected chi connectivity index (χ0v) is 20.1. The summed E-state index contributed by atoms with van der Waals surface area (Å²) >= 11 is 13.0. The fourth-order valence-electron chi connectivity index (χ4n) is 4.65. The van der Waals surface area contributed by atoms with Gasteiger partial charge >= 0.3 is 0 Å². The molecule has 2 aromatic carbocycles. The summed E-state index contributed by atoms with van der Waals surface area (Å²) < 4.78 is 1.84. The Morgan fingerprint density at radius 1 is 1.00 bits per heavy atom. The molecule has 8 heteroatoms. The lowest BCUT2D eigenvalue weighted by molar-refractivity contribution is -0.127. The molecule has 0 bridgehead atoms. The van der Waals surface area contributed by atoms with Crippen LogP contribution in [0.3, 0.4) is 0 Å². The maximum Gasteiger partial charge on any atom is 0.254 e. The number of allylic oxidation sites excluding steroid dienone is 1. The molecule has 1 N–H and O–H groups in total. The number of nitrogens with one attached hydrogen (secondary N) is 1. The molecule has 0 spiro atoms. The summed E-state index contributed by atoms with van der Waals surface area (Å²) in [6.45, 7) is 6.78. The number of halogens is 2. The Balaban J connectivity index is 1.48. The minimum absolute atomic E-state index is 0.00689. The first-order valence-electron chi connectivity index (χ1n) is 11.0. The van der Waals surface area contributed by atoms with Crippen LogP contribution in [0.15, 0.2) is 66.0 Å². The lowest BCUT2D eigenvalue weighted by atomic mass is 9.94. The number of rotatable bonds is 3. The van der Waals surface area contributed by atoms with Crippen LogP contribution in [0.2, 0.25) is 10.0 Å². The van der Waals surface area contributed by atoms with Crippen molar-refractivity contribution < 1.29 is 4.79 Å². The Labute approximate surface area is 203 Å². The highest BCUT2D eigenvalue weighted by Crippen LogP contribution is 2.42. The van der Waals surface area contributed by atoms with Gasteiger partial charge in [-0.25, -0.2) is 4.68 Å². The molecule has 2 aliphatic heterocycles. The van der Waals surface area contributed by atoms with Gasteiger partial charge in [0.25, 0.3) is 5.91 Å². The van der Waals surface area contributed by atoms with Crippen molar-refractivity contribution in [2.24, 2.45) is 0 Å². The van der Waals surface area contributed by atoms with Crippen LogP contribution in [0.25, 0.3) is 0 Å². The summed E-state index contributed by atoms with van der Waals surface area (Å²) in [5.41, 5.74) is 4.39. The Morgan fingerprint density at radius 3 is 2.45 bits per heavy atom. The second-order valence-corrected chi connectivity index (χ2v) is 9.23. The van der Waals surface area contributed by atoms with Gasteiger partial charge in [-0.3, -0.25) is 4.79 Å². The van der Waals surface area contributed by atoms with Crippen LogP contribution in [0.4, 0.5) is 11.5 Å². The summed E-state index contributed by atoms with van der Waals surface area (Å²) in [5.74, 6) is 0.853. The fraction of sp³-hybridized carbons (Fsp3) is 0.280. The lowest BCUT2D eigenvalue weighted by Crippen LogP contribution is -2.50. The molecule has 33 heavy (non-hydrogen) atoms. The minimum atomic E-state index is -0.458. The van der Waals surface area contributed by atoms with E-state index in [1.54, 1.807) is 12.3 Å². The Kier molecular flexibility index (Phi) is 5.81. The van der Waals surface area contributed by atoms with E-state index in [1.807, 2.05) is 53.8 Å². The summed E-state index contributed by atoms with van der Waals surface area (Å²) in [4.78, 5) is 18.1. The number of benzene rings is 2. The quantitative estimate of drug-likeness (QED) is 0.562. The minimum Gasteiger partial charge on any atom is -0.368 e. The molecule has 1 saturated heterocycles. The second-order valence-electron chi connectivity index (χ2n) is 8.44. The maximum atomic E-state index is 13.9. The predicted molar refractivity (Wildman–Crippen MR) is 133 cm³/mol. The van der Waals surface area contributed by atoms with Crippen molar-refractivity contribution in [1.29, 1.82) is 0 Å². The van der Waals surface area contributed by atoms with Crippen molar-refractivity contribution in [1.82, 2.24) is 14.7 Å². The summed E-state index contributed by atoms with van der Waals surface area (Å²) in [6.07, 6.45) is 1.80. The first kappa shape index (κ1) is 21.9. The topological polar surface area (TPSA) is 53.4 Å². The van der Waals surface area contributed by atoms with E-state index in [4.69, 9.17) is 23.2 Å². The van der Waals surface area contributed by atoms with E-state index in [9.17, 15) is 4.79 Å². The zero-order chi connectivity index (χ0) is 23.1. The third-order valence-electron chi connectivity index (χ3n) is 6.40. The van der Waals surface area contributed by atoms with Crippen LogP contribution >= 0.6 is 23.2 Å². The second kappa shape index (κ2) is 8.76. The summed E-state index contributed by atoms with van der Waals surface area (Å²) in [7, 11) is 0. The van der Waals surface area contributed by atoms with Crippen LogP contribution in [0.1, 0.15) is 24.1 Å². The standard InChI is InChI=1S/C25H25Cl2N5O/c1-16-15-28-32-23(19-9-6-10-20(26)22(19)27)21(17(2)29-24(16)32)25(33)31-13-11-30(12-14-31)18-7-4-3-5-8-18/h3-10,15,23,29H,11-14H2,1-2H3. The molecule has 170 valence electrons. The number of aryl methyl sites for hydroxylation is 1. The number of nitrogens with zero attached hydrogens (tertiary/aromatic N) is 4. The number of hydrogen-bond acceptors (Lipinski definition) is 4. The molecule has 1 unspecified atom stereocenters. The van der Waals surface area contributed by atoms with Gasteiger partial charge in [0.2, 0.25) is 0 Å². The molecule has 0 aliphatic carbocycles. The monoisotopic (exact) mass is 481 g/mol. The molecular formula is C25H25Cl2N5O. The van der Waals surface area contributed by atoms with Gasteiger partial charge < -0.3 is 15.1 Å². The van der Waals surface area contributed by atoms with Crippen molar-refractivity contribution in [3.63, 3.8) is 0 Å². The molecule has 0 saturated carbocycles. The largest absolute Gasteiger partial charge is 0.368 e. The molecule has 1 amide bonds. The number of amides is 1. The number of anilines is 2. The van der Waals surface area contributed by atoms with Crippen molar-refractivity contribution in [3.05, 3.63) is 87.2 Å². The van der Waals surface area contributed by atoms with Crippen LogP contribution < -0.4 is 10.2 Å². The molecule has 1 fully saturated rings. The maximum absolute atomic E-state index is 13.9. The molecule has 3 aromatic rings. The van der Waals surface area contributed by atoms with E-state index in [0.29, 0.717) is 28.7 Å². The van der Waals surface area contributed by atoms with Gasteiger partial charge in [0.1, 0.15) is 11.9 Å². The summed E-state index contributed by atoms with van der Waals surface area (Å²) in [6, 6.07) is 15.4. The van der Waals surface area contributed by atoms with E-state index >= 15 is 0 Å². The number of hydrogen-bond donors (Lipinski definition) is 1. The third-order valence-corrected chi connectivity index (χ3v) is 7.23. The number of aromatic nitrogens is 2. The molecule has 5 rings (SSSR count). The SMILES string of the molecule is CC1=C(C(=O)N2CCN(c3ccccc3)CC2)C(c2cccc(Cl)c2Cl)n2ncc(C)c2N1. The number of para-hydroxylation sites is 1. The van der Waals surface area contributed by atoms with E-state index < -0.39 is 6.04 Å². The van der Waals surface area contributed by atoms with Crippen molar-refractivity contribution in [2.45, 2.75) is 19.9 Å². The van der Waals surface area contributed by atoms with Gasteiger partial charge in [-0.15, -0.1) is 0 Å². The molecule has 1 atom stereocenters. The average molecular weight is 482 g/mol. The highest BCUT2D eigenvalue weighted by Gasteiger charge is 2.37. The van der Waals surface area contributed by atoms with Crippen molar-refractivity contribution in [3.8, 4) is 0 Å². The molecule has 6 nitrogen and oxygen atoms in total. The van der Waals surface area contributed by atoms with E-state index in [-0.39, 0.29) is 5.91 Å². The van der Waals surface area contributed by atoms with E-state index in [0.717, 1.165) is 35.7 Å². The number of carbonyl (C=O) groups excluding carboxylic acids is 1. The van der Waals surface area contributed by atoms with E-state index in [1.165, 1.54) is 5.69 Å². The number of carbonyl (C=O) groups is 1. The highest BCUT2D eigenvalue weighted by atomic mass is 35.5. The number of piperazine rings is 1. The first-order valence-corrected chi connectivity index (χ1v) is 11.8. The average Bonchev–Trinajstić information content (AvgIpc) is 3.20.